The molecule has 2 aromatic rings. The Labute approximate surface area is 99.6 Å². The third-order valence-corrected chi connectivity index (χ3v) is 3.96. The maximum atomic E-state index is 11.3. The third kappa shape index (κ3) is 2.00. The summed E-state index contributed by atoms with van der Waals surface area (Å²) in [5.74, 6) is 0. The second-order valence-electron chi connectivity index (χ2n) is 2.88. The highest BCUT2D eigenvalue weighted by Gasteiger charge is 2.15. The molecular weight excluding hydrogens is 302 g/mol. The molecule has 0 saturated carbocycles. The molecule has 1 heterocycles. The molecule has 6 heteroatoms. The minimum absolute atomic E-state index is 0.0791. The topological polar surface area (TPSA) is 47.0 Å². The predicted octanol–water partition coefficient (Wildman–Crippen LogP) is 2.92. The molecule has 0 fully saturated rings. The first-order valence-electron chi connectivity index (χ1n) is 3.98. The van der Waals surface area contributed by atoms with E-state index < -0.39 is 9.05 Å². The van der Waals surface area contributed by atoms with Crippen molar-refractivity contribution in [3.05, 3.63) is 34.9 Å². The van der Waals surface area contributed by atoms with Gasteiger partial charge in [0.2, 0.25) is 0 Å². The van der Waals surface area contributed by atoms with Gasteiger partial charge in [-0.05, 0) is 40.2 Å². The van der Waals surface area contributed by atoms with Crippen molar-refractivity contribution in [3.63, 3.8) is 0 Å². The van der Waals surface area contributed by atoms with Crippen LogP contribution in [-0.4, -0.2) is 13.4 Å². The molecule has 1 aromatic heterocycles. The first kappa shape index (κ1) is 10.9. The molecule has 0 atom stereocenters. The van der Waals surface area contributed by atoms with Gasteiger partial charge < -0.3 is 0 Å². The fraction of sp³-hybridized carbons (Fsp3) is 0. The quantitative estimate of drug-likeness (QED) is 0.761. The predicted molar refractivity (Wildman–Crippen MR) is 62.5 cm³/mol. The minimum Gasteiger partial charge on any atom is -0.255 e. The molecule has 1 aromatic carbocycles. The van der Waals surface area contributed by atoms with Gasteiger partial charge in [-0.3, -0.25) is 4.98 Å². The van der Waals surface area contributed by atoms with Gasteiger partial charge in [-0.15, -0.1) is 0 Å². The van der Waals surface area contributed by atoms with Gasteiger partial charge in [-0.25, -0.2) is 8.42 Å². The number of nitrogens with zero attached hydrogens (tertiary/aromatic N) is 1. The maximum Gasteiger partial charge on any atom is 0.261 e. The molecule has 3 nitrogen and oxygen atoms in total. The van der Waals surface area contributed by atoms with Gasteiger partial charge in [0.25, 0.3) is 9.05 Å². The summed E-state index contributed by atoms with van der Waals surface area (Å²) < 4.78 is 23.3. The number of benzene rings is 1. The van der Waals surface area contributed by atoms with E-state index in [-0.39, 0.29) is 4.90 Å². The monoisotopic (exact) mass is 305 g/mol. The Morgan fingerprint density at radius 2 is 2.00 bits per heavy atom. The molecule has 78 valence electrons. The van der Waals surface area contributed by atoms with E-state index in [1.54, 1.807) is 24.4 Å². The average Bonchev–Trinajstić information content (AvgIpc) is 2.17. The highest BCUT2D eigenvalue weighted by atomic mass is 79.9. The largest absolute Gasteiger partial charge is 0.261 e. The van der Waals surface area contributed by atoms with Crippen molar-refractivity contribution in [2.45, 2.75) is 4.90 Å². The molecule has 0 aliphatic rings. The van der Waals surface area contributed by atoms with Gasteiger partial charge in [0.05, 0.1) is 10.4 Å². The van der Waals surface area contributed by atoms with Crippen molar-refractivity contribution < 1.29 is 8.42 Å². The van der Waals surface area contributed by atoms with Gasteiger partial charge in [-0.2, -0.15) is 0 Å². The van der Waals surface area contributed by atoms with E-state index in [1.165, 1.54) is 6.07 Å². The van der Waals surface area contributed by atoms with Gasteiger partial charge in [0, 0.05) is 26.7 Å². The van der Waals surface area contributed by atoms with E-state index in [0.29, 0.717) is 10.9 Å². The zero-order valence-corrected chi connectivity index (χ0v) is 10.5. The van der Waals surface area contributed by atoms with E-state index in [1.807, 2.05) is 0 Å². The van der Waals surface area contributed by atoms with Gasteiger partial charge in [-0.1, -0.05) is 0 Å². The zero-order chi connectivity index (χ0) is 11.1. The van der Waals surface area contributed by atoms with Crippen LogP contribution in [0.15, 0.2) is 39.8 Å². The smallest absolute Gasteiger partial charge is 0.255 e. The Hall–Kier alpha value is -0.650. The number of hydrogen-bond donors (Lipinski definition) is 0. The Balaban J connectivity index is 2.96. The third-order valence-electron chi connectivity index (χ3n) is 1.94. The molecule has 0 radical (unpaired) electrons. The maximum absolute atomic E-state index is 11.3. The Morgan fingerprint density at radius 3 is 2.67 bits per heavy atom. The summed E-state index contributed by atoms with van der Waals surface area (Å²) in [5, 5.41) is 0.516. The van der Waals surface area contributed by atoms with Crippen LogP contribution in [0.1, 0.15) is 0 Å². The van der Waals surface area contributed by atoms with Gasteiger partial charge in [0.15, 0.2) is 0 Å². The van der Waals surface area contributed by atoms with E-state index >= 15 is 0 Å². The van der Waals surface area contributed by atoms with Crippen LogP contribution in [-0.2, 0) is 9.05 Å². The zero-order valence-electron chi connectivity index (χ0n) is 7.31. The van der Waals surface area contributed by atoms with Gasteiger partial charge >= 0.3 is 0 Å². The normalized spacial score (nSPS) is 11.9. The van der Waals surface area contributed by atoms with Crippen molar-refractivity contribution in [2.75, 3.05) is 0 Å². The number of pyridine rings is 1. The van der Waals surface area contributed by atoms with Crippen LogP contribution in [0, 0.1) is 0 Å². The summed E-state index contributed by atoms with van der Waals surface area (Å²) in [6.07, 6.45) is 1.59. The Morgan fingerprint density at radius 1 is 1.27 bits per heavy atom. The lowest BCUT2D eigenvalue weighted by Crippen LogP contribution is -1.93. The molecule has 2 rings (SSSR count). The summed E-state index contributed by atoms with van der Waals surface area (Å²) >= 11 is 3.30. The summed E-state index contributed by atoms with van der Waals surface area (Å²) in [4.78, 5) is 4.16. The molecule has 15 heavy (non-hydrogen) atoms. The fourth-order valence-corrected chi connectivity index (χ4v) is 2.83. The summed E-state index contributed by atoms with van der Waals surface area (Å²) in [6.45, 7) is 0. The van der Waals surface area contributed by atoms with Gasteiger partial charge in [0.1, 0.15) is 0 Å². The van der Waals surface area contributed by atoms with Crippen LogP contribution in [0.4, 0.5) is 0 Å². The Kier molecular flexibility index (Phi) is 2.70. The summed E-state index contributed by atoms with van der Waals surface area (Å²) in [6, 6.07) is 6.41. The molecule has 0 unspecified atom stereocenters. The standard InChI is InChI=1S/C9H5BrClNO2S/c10-7-3-4-8(15(11,13)14)6-2-1-5-12-9(6)7/h1-5H. The highest BCUT2D eigenvalue weighted by molar-refractivity contribution is 9.10. The van der Waals surface area contributed by atoms with Crippen molar-refractivity contribution >= 4 is 46.6 Å². The van der Waals surface area contributed by atoms with Crippen molar-refractivity contribution in [2.24, 2.45) is 0 Å². The minimum atomic E-state index is -3.73. The van der Waals surface area contributed by atoms with Crippen molar-refractivity contribution in [3.8, 4) is 0 Å². The van der Waals surface area contributed by atoms with E-state index in [9.17, 15) is 8.42 Å². The summed E-state index contributed by atoms with van der Waals surface area (Å²) in [5.41, 5.74) is 0.583. The molecule has 0 amide bonds. The van der Waals surface area contributed by atoms with E-state index in [4.69, 9.17) is 10.7 Å². The second kappa shape index (κ2) is 3.73. The van der Waals surface area contributed by atoms with Crippen LogP contribution >= 0.6 is 26.6 Å². The van der Waals surface area contributed by atoms with Crippen molar-refractivity contribution in [1.29, 1.82) is 0 Å². The van der Waals surface area contributed by atoms with Crippen LogP contribution in [0.25, 0.3) is 10.9 Å². The number of rotatable bonds is 1. The molecule has 0 spiro atoms. The van der Waals surface area contributed by atoms with E-state index in [2.05, 4.69) is 20.9 Å². The number of aromatic nitrogens is 1. The van der Waals surface area contributed by atoms with Crippen LogP contribution < -0.4 is 0 Å². The molecule has 0 aliphatic carbocycles. The first-order chi connectivity index (χ1) is 7.00. The van der Waals surface area contributed by atoms with Crippen LogP contribution in [0.5, 0.6) is 0 Å². The van der Waals surface area contributed by atoms with Crippen LogP contribution in [0.3, 0.4) is 0 Å². The molecule has 0 N–H and O–H groups in total. The molecule has 0 saturated heterocycles. The number of hydrogen-bond acceptors (Lipinski definition) is 3. The SMILES string of the molecule is O=S(=O)(Cl)c1ccc(Br)c2ncccc12. The lowest BCUT2D eigenvalue weighted by atomic mass is 10.2. The fourth-order valence-electron chi connectivity index (χ4n) is 1.32. The Bertz CT molecular complexity index is 627. The lowest BCUT2D eigenvalue weighted by molar-refractivity contribution is 0.610. The first-order valence-corrected chi connectivity index (χ1v) is 7.08. The molecule has 0 bridgehead atoms. The van der Waals surface area contributed by atoms with E-state index in [0.717, 1.165) is 4.47 Å². The lowest BCUT2D eigenvalue weighted by Gasteiger charge is -2.03. The second-order valence-corrected chi connectivity index (χ2v) is 6.27. The summed E-state index contributed by atoms with van der Waals surface area (Å²) in [7, 11) is 1.58. The molecular formula is C9H5BrClNO2S. The highest BCUT2D eigenvalue weighted by Crippen LogP contribution is 2.29. The number of halogens is 2. The number of fused-ring (bicyclic) bond motifs is 1. The average molecular weight is 307 g/mol. The van der Waals surface area contributed by atoms with Crippen LogP contribution in [0.2, 0.25) is 0 Å². The van der Waals surface area contributed by atoms with Crippen molar-refractivity contribution in [1.82, 2.24) is 4.98 Å². The molecule has 0 aliphatic heterocycles.